The molecule has 5 nitrogen and oxygen atoms in total. The molecule has 0 aromatic heterocycles. The van der Waals surface area contributed by atoms with E-state index >= 15 is 0 Å². The number of carbonyl (C=O) groups is 1. The molecule has 2 aliphatic rings. The van der Waals surface area contributed by atoms with Gasteiger partial charge in [-0.3, -0.25) is 4.79 Å². The van der Waals surface area contributed by atoms with Crippen molar-refractivity contribution in [2.75, 3.05) is 13.1 Å². The summed E-state index contributed by atoms with van der Waals surface area (Å²) in [6, 6.07) is 13.5. The van der Waals surface area contributed by atoms with Crippen LogP contribution in [0.2, 0.25) is 0 Å². The lowest BCUT2D eigenvalue weighted by atomic mass is 9.95. The number of rotatable bonds is 6. The smallest absolute Gasteiger partial charge is 0.349 e. The molecule has 2 aromatic carbocycles. The number of benzene rings is 2. The highest BCUT2D eigenvalue weighted by Crippen LogP contribution is 2.41. The van der Waals surface area contributed by atoms with Gasteiger partial charge >= 0.3 is 6.18 Å². The van der Waals surface area contributed by atoms with E-state index in [1.807, 2.05) is 30.3 Å². The van der Waals surface area contributed by atoms with Crippen molar-refractivity contribution in [2.24, 2.45) is 11.8 Å². The van der Waals surface area contributed by atoms with Crippen LogP contribution in [0.3, 0.4) is 0 Å². The van der Waals surface area contributed by atoms with Gasteiger partial charge in [0.05, 0.1) is 16.5 Å². The van der Waals surface area contributed by atoms with Crippen LogP contribution in [0.1, 0.15) is 42.9 Å². The summed E-state index contributed by atoms with van der Waals surface area (Å²) < 4.78 is 65.8. The lowest BCUT2D eigenvalue weighted by molar-refractivity contribution is -0.137. The molecule has 0 radical (unpaired) electrons. The predicted octanol–water partition coefficient (Wildman–Crippen LogP) is 4.37. The molecule has 0 spiro atoms. The van der Waals surface area contributed by atoms with Gasteiger partial charge in [-0.05, 0) is 55.4 Å². The summed E-state index contributed by atoms with van der Waals surface area (Å²) in [6.45, 7) is 0.187. The first-order valence-corrected chi connectivity index (χ1v) is 12.1. The van der Waals surface area contributed by atoms with E-state index in [0.29, 0.717) is 24.8 Å². The van der Waals surface area contributed by atoms with Gasteiger partial charge in [-0.25, -0.2) is 8.42 Å². The summed E-state index contributed by atoms with van der Waals surface area (Å²) in [5, 5.41) is 3.14. The Morgan fingerprint density at radius 1 is 0.969 bits per heavy atom. The van der Waals surface area contributed by atoms with Gasteiger partial charge in [0.15, 0.2) is 0 Å². The fourth-order valence-electron chi connectivity index (χ4n) is 4.17. The van der Waals surface area contributed by atoms with E-state index in [-0.39, 0.29) is 35.9 Å². The summed E-state index contributed by atoms with van der Waals surface area (Å²) >= 11 is 0. The fraction of sp³-hybridized carbons (Fsp3) is 0.435. The minimum absolute atomic E-state index is 0.0458. The summed E-state index contributed by atoms with van der Waals surface area (Å²) in [7, 11) is -4.06. The number of alkyl halides is 3. The molecular formula is C23H25F3N2O3S. The van der Waals surface area contributed by atoms with Gasteiger partial charge in [-0.15, -0.1) is 0 Å². The van der Waals surface area contributed by atoms with Crippen LogP contribution in [-0.4, -0.2) is 31.7 Å². The van der Waals surface area contributed by atoms with Gasteiger partial charge in [-0.1, -0.05) is 36.4 Å². The number of piperidine rings is 1. The van der Waals surface area contributed by atoms with E-state index in [0.717, 1.165) is 30.5 Å². The zero-order valence-corrected chi connectivity index (χ0v) is 18.2. The van der Waals surface area contributed by atoms with E-state index in [1.54, 1.807) is 0 Å². The molecule has 1 amide bonds. The maximum atomic E-state index is 13.0. The van der Waals surface area contributed by atoms with Crippen molar-refractivity contribution in [3.05, 3.63) is 65.7 Å². The van der Waals surface area contributed by atoms with Crippen LogP contribution in [0.25, 0.3) is 0 Å². The van der Waals surface area contributed by atoms with Crippen LogP contribution in [0.15, 0.2) is 59.5 Å². The monoisotopic (exact) mass is 466 g/mol. The van der Waals surface area contributed by atoms with Crippen molar-refractivity contribution in [3.8, 4) is 0 Å². The zero-order valence-electron chi connectivity index (χ0n) is 17.4. The molecule has 1 saturated heterocycles. The Morgan fingerprint density at radius 2 is 1.62 bits per heavy atom. The number of halogens is 3. The quantitative estimate of drug-likeness (QED) is 0.688. The Bertz CT molecular complexity index is 1060. The average Bonchev–Trinajstić information content (AvgIpc) is 3.63. The molecule has 32 heavy (non-hydrogen) atoms. The second-order valence-corrected chi connectivity index (χ2v) is 10.4. The molecule has 1 unspecified atom stereocenters. The van der Waals surface area contributed by atoms with Crippen LogP contribution in [0.5, 0.6) is 0 Å². The lowest BCUT2D eigenvalue weighted by Gasteiger charge is -2.31. The third kappa shape index (κ3) is 4.99. The number of sulfonamides is 1. The highest BCUT2D eigenvalue weighted by molar-refractivity contribution is 7.89. The van der Waals surface area contributed by atoms with E-state index in [1.165, 1.54) is 10.4 Å². The Kier molecular flexibility index (Phi) is 6.31. The molecular weight excluding hydrogens is 441 g/mol. The van der Waals surface area contributed by atoms with Gasteiger partial charge in [0.2, 0.25) is 15.9 Å². The maximum Gasteiger partial charge on any atom is 0.416 e. The summed E-state index contributed by atoms with van der Waals surface area (Å²) in [6.07, 6.45) is -1.83. The normalized spacial score (nSPS) is 19.5. The molecule has 2 fully saturated rings. The van der Waals surface area contributed by atoms with E-state index < -0.39 is 21.8 Å². The second kappa shape index (κ2) is 8.86. The zero-order chi connectivity index (χ0) is 22.9. The highest BCUT2D eigenvalue weighted by Gasteiger charge is 2.37. The van der Waals surface area contributed by atoms with Gasteiger partial charge in [-0.2, -0.15) is 17.5 Å². The number of nitrogens with one attached hydrogen (secondary N) is 1. The molecule has 1 N–H and O–H groups in total. The van der Waals surface area contributed by atoms with Gasteiger partial charge < -0.3 is 5.32 Å². The summed E-state index contributed by atoms with van der Waals surface area (Å²) in [4.78, 5) is 12.5. The standard InChI is InChI=1S/C23H25F3N2O3S/c24-23(25,26)19-7-4-8-20(15-19)32(30,31)28-13-11-18(12-14-28)22(29)27-21(17-9-10-17)16-5-2-1-3-6-16/h1-8,15,17-18,21H,9-14H2,(H,27,29). The fourth-order valence-corrected chi connectivity index (χ4v) is 5.69. The molecule has 1 atom stereocenters. The second-order valence-electron chi connectivity index (χ2n) is 8.44. The van der Waals surface area contributed by atoms with Gasteiger partial charge in [0.1, 0.15) is 0 Å². The number of carbonyl (C=O) groups excluding carboxylic acids is 1. The molecule has 1 aliphatic carbocycles. The van der Waals surface area contributed by atoms with Crippen LogP contribution in [-0.2, 0) is 21.0 Å². The first-order chi connectivity index (χ1) is 15.2. The number of hydrogen-bond acceptors (Lipinski definition) is 3. The van der Waals surface area contributed by atoms with E-state index in [2.05, 4.69) is 5.32 Å². The molecule has 0 bridgehead atoms. The van der Waals surface area contributed by atoms with Crippen molar-refractivity contribution in [3.63, 3.8) is 0 Å². The molecule has 9 heteroatoms. The Hall–Kier alpha value is -2.39. The predicted molar refractivity (Wildman–Crippen MR) is 113 cm³/mol. The highest BCUT2D eigenvalue weighted by atomic mass is 32.2. The molecule has 1 saturated carbocycles. The minimum Gasteiger partial charge on any atom is -0.349 e. The summed E-state index contributed by atoms with van der Waals surface area (Å²) in [5.41, 5.74) is 0.0628. The summed E-state index contributed by atoms with van der Waals surface area (Å²) in [5.74, 6) is -0.00230. The third-order valence-electron chi connectivity index (χ3n) is 6.17. The van der Waals surface area contributed by atoms with Crippen molar-refractivity contribution < 1.29 is 26.4 Å². The third-order valence-corrected chi connectivity index (χ3v) is 8.07. The first-order valence-electron chi connectivity index (χ1n) is 10.7. The first kappa shape index (κ1) is 22.8. The van der Waals surface area contributed by atoms with Crippen molar-refractivity contribution >= 4 is 15.9 Å². The number of amides is 1. The van der Waals surface area contributed by atoms with Gasteiger partial charge in [0.25, 0.3) is 0 Å². The van der Waals surface area contributed by atoms with Crippen molar-refractivity contribution in [2.45, 2.75) is 42.8 Å². The van der Waals surface area contributed by atoms with Gasteiger partial charge in [0, 0.05) is 19.0 Å². The maximum absolute atomic E-state index is 13.0. The SMILES string of the molecule is O=C(NC(c1ccccc1)C1CC1)C1CCN(S(=O)(=O)c2cccc(C(F)(F)F)c2)CC1. The number of nitrogens with zero attached hydrogens (tertiary/aromatic N) is 1. The molecule has 2 aromatic rings. The van der Waals surface area contributed by atoms with Crippen LogP contribution >= 0.6 is 0 Å². The Balaban J connectivity index is 1.40. The number of hydrogen-bond donors (Lipinski definition) is 1. The molecule has 1 aliphatic heterocycles. The van der Waals surface area contributed by atoms with E-state index in [9.17, 15) is 26.4 Å². The topological polar surface area (TPSA) is 66.5 Å². The van der Waals surface area contributed by atoms with E-state index in [4.69, 9.17) is 0 Å². The minimum atomic E-state index is -4.62. The lowest BCUT2D eigenvalue weighted by Crippen LogP contribution is -2.44. The average molecular weight is 467 g/mol. The molecule has 1 heterocycles. The van der Waals surface area contributed by atoms with Crippen LogP contribution in [0.4, 0.5) is 13.2 Å². The Morgan fingerprint density at radius 3 is 2.22 bits per heavy atom. The molecule has 172 valence electrons. The van der Waals surface area contributed by atoms with Crippen LogP contribution in [0, 0.1) is 11.8 Å². The Labute approximate surface area is 185 Å². The van der Waals surface area contributed by atoms with Crippen molar-refractivity contribution in [1.82, 2.24) is 9.62 Å². The van der Waals surface area contributed by atoms with Crippen LogP contribution < -0.4 is 5.32 Å². The molecule has 4 rings (SSSR count). The van der Waals surface area contributed by atoms with Crippen molar-refractivity contribution in [1.29, 1.82) is 0 Å². The largest absolute Gasteiger partial charge is 0.416 e.